The van der Waals surface area contributed by atoms with Crippen molar-refractivity contribution in [3.05, 3.63) is 47.5 Å². The maximum absolute atomic E-state index is 3.22. The zero-order valence-corrected chi connectivity index (χ0v) is 13.6. The van der Waals surface area contributed by atoms with Crippen LogP contribution >= 0.6 is 0 Å². The molecule has 3 nitrogen and oxygen atoms in total. The van der Waals surface area contributed by atoms with Crippen LogP contribution in [0.4, 0.5) is 22.7 Å². The number of benzene rings is 2. The second kappa shape index (κ2) is 6.53. The van der Waals surface area contributed by atoms with Crippen LogP contribution in [0.1, 0.15) is 18.1 Å². The summed E-state index contributed by atoms with van der Waals surface area (Å²) in [6.07, 6.45) is 0. The average molecular weight is 283 g/mol. The molecule has 21 heavy (non-hydrogen) atoms. The Morgan fingerprint density at radius 2 is 1.24 bits per heavy atom. The van der Waals surface area contributed by atoms with Gasteiger partial charge in [0.05, 0.1) is 0 Å². The molecule has 0 atom stereocenters. The van der Waals surface area contributed by atoms with Crippen molar-refractivity contribution in [1.29, 1.82) is 0 Å². The predicted molar refractivity (Wildman–Crippen MR) is 94.1 cm³/mol. The largest absolute Gasteiger partial charge is 0.388 e. The van der Waals surface area contributed by atoms with Crippen molar-refractivity contribution in [3.63, 3.8) is 0 Å². The predicted octanol–water partition coefficient (Wildman–Crippen LogP) is 4.54. The molecule has 0 fully saturated rings. The van der Waals surface area contributed by atoms with Crippen LogP contribution in [-0.2, 0) is 0 Å². The molecule has 2 aromatic carbocycles. The summed E-state index contributed by atoms with van der Waals surface area (Å²) in [5.41, 5.74) is 7.33. The summed E-state index contributed by atoms with van der Waals surface area (Å²) in [4.78, 5) is 2.33. The van der Waals surface area contributed by atoms with Gasteiger partial charge in [-0.15, -0.1) is 0 Å². The zero-order valence-electron chi connectivity index (χ0n) is 13.6. The van der Waals surface area contributed by atoms with Gasteiger partial charge in [-0.2, -0.15) is 0 Å². The molecule has 0 bridgehead atoms. The van der Waals surface area contributed by atoms with E-state index < -0.39 is 0 Å². The van der Waals surface area contributed by atoms with Gasteiger partial charge in [-0.3, -0.25) is 0 Å². The van der Waals surface area contributed by atoms with Crippen LogP contribution in [-0.4, -0.2) is 20.6 Å². The third-order valence-corrected chi connectivity index (χ3v) is 3.90. The van der Waals surface area contributed by atoms with Crippen molar-refractivity contribution in [3.8, 4) is 0 Å². The Balaban J connectivity index is 2.39. The normalized spacial score (nSPS) is 10.3. The minimum absolute atomic E-state index is 0.941. The molecule has 3 heteroatoms. The number of aryl methyl sites for hydroxylation is 2. The lowest BCUT2D eigenvalue weighted by Crippen LogP contribution is -2.16. The molecule has 0 aromatic heterocycles. The summed E-state index contributed by atoms with van der Waals surface area (Å²) in [6, 6.07) is 13.1. The first-order valence-electron chi connectivity index (χ1n) is 7.45. The number of nitrogens with one attached hydrogen (secondary N) is 2. The van der Waals surface area contributed by atoms with Gasteiger partial charge in [-0.1, -0.05) is 0 Å². The molecule has 0 amide bonds. The molecule has 0 saturated carbocycles. The summed E-state index contributed by atoms with van der Waals surface area (Å²) in [6.45, 7) is 7.40. The Hall–Kier alpha value is -2.16. The first kappa shape index (κ1) is 15.2. The standard InChI is InChI=1S/C18H25N3/c1-6-21(15-7-9-17(19-4)13(2)11-15)16-8-10-18(20-5)14(3)12-16/h7-12,19-20H,6H2,1-5H3. The molecule has 0 heterocycles. The van der Waals surface area contributed by atoms with Crippen molar-refractivity contribution in [2.24, 2.45) is 0 Å². The zero-order chi connectivity index (χ0) is 15.4. The second-order valence-electron chi connectivity index (χ2n) is 5.24. The first-order chi connectivity index (χ1) is 10.1. The number of rotatable bonds is 5. The highest BCUT2D eigenvalue weighted by atomic mass is 15.1. The molecule has 0 spiro atoms. The van der Waals surface area contributed by atoms with Crippen LogP contribution in [0.5, 0.6) is 0 Å². The van der Waals surface area contributed by atoms with E-state index in [1.807, 2.05) is 14.1 Å². The maximum atomic E-state index is 3.22. The number of nitrogens with zero attached hydrogens (tertiary/aromatic N) is 1. The van der Waals surface area contributed by atoms with E-state index in [1.165, 1.54) is 33.9 Å². The van der Waals surface area contributed by atoms with Gasteiger partial charge in [-0.25, -0.2) is 0 Å². The van der Waals surface area contributed by atoms with Crippen LogP contribution in [0.15, 0.2) is 36.4 Å². The van der Waals surface area contributed by atoms with Crippen molar-refractivity contribution < 1.29 is 0 Å². The Kier molecular flexibility index (Phi) is 4.73. The number of anilines is 4. The molecular weight excluding hydrogens is 258 g/mol. The fourth-order valence-electron chi connectivity index (χ4n) is 2.71. The van der Waals surface area contributed by atoms with E-state index >= 15 is 0 Å². The van der Waals surface area contributed by atoms with Crippen LogP contribution in [0.25, 0.3) is 0 Å². The van der Waals surface area contributed by atoms with Crippen molar-refractivity contribution in [1.82, 2.24) is 0 Å². The number of hydrogen-bond donors (Lipinski definition) is 2. The maximum Gasteiger partial charge on any atom is 0.0414 e. The van der Waals surface area contributed by atoms with E-state index in [4.69, 9.17) is 0 Å². The molecule has 2 N–H and O–H groups in total. The molecule has 0 unspecified atom stereocenters. The first-order valence-corrected chi connectivity index (χ1v) is 7.45. The fourth-order valence-corrected chi connectivity index (χ4v) is 2.71. The lowest BCUT2D eigenvalue weighted by molar-refractivity contribution is 1.02. The lowest BCUT2D eigenvalue weighted by atomic mass is 10.1. The molecule has 0 radical (unpaired) electrons. The van der Waals surface area contributed by atoms with E-state index in [2.05, 4.69) is 72.7 Å². The van der Waals surface area contributed by atoms with Crippen LogP contribution in [0, 0.1) is 13.8 Å². The summed E-state index contributed by atoms with van der Waals surface area (Å²) in [5, 5.41) is 6.43. The van der Waals surface area contributed by atoms with Crippen LogP contribution in [0.3, 0.4) is 0 Å². The summed E-state index contributed by atoms with van der Waals surface area (Å²) >= 11 is 0. The SMILES string of the molecule is CCN(c1ccc(NC)c(C)c1)c1ccc(NC)c(C)c1. The minimum atomic E-state index is 0.941. The monoisotopic (exact) mass is 283 g/mol. The average Bonchev–Trinajstić information content (AvgIpc) is 2.48. The van der Waals surface area contributed by atoms with E-state index in [0.717, 1.165) is 6.54 Å². The van der Waals surface area contributed by atoms with E-state index in [9.17, 15) is 0 Å². The lowest BCUT2D eigenvalue weighted by Gasteiger charge is -2.25. The minimum Gasteiger partial charge on any atom is -0.388 e. The Morgan fingerprint density at radius 3 is 1.52 bits per heavy atom. The third-order valence-electron chi connectivity index (χ3n) is 3.90. The second-order valence-corrected chi connectivity index (χ2v) is 5.24. The Bertz CT molecular complexity index is 566. The van der Waals surface area contributed by atoms with Crippen molar-refractivity contribution >= 4 is 22.7 Å². The highest BCUT2D eigenvalue weighted by Gasteiger charge is 2.10. The smallest absolute Gasteiger partial charge is 0.0414 e. The summed E-state index contributed by atoms with van der Waals surface area (Å²) < 4.78 is 0. The van der Waals surface area contributed by atoms with Gasteiger partial charge in [-0.05, 0) is 68.3 Å². The van der Waals surface area contributed by atoms with E-state index in [1.54, 1.807) is 0 Å². The van der Waals surface area contributed by atoms with Gasteiger partial charge < -0.3 is 15.5 Å². The van der Waals surface area contributed by atoms with Gasteiger partial charge in [0.2, 0.25) is 0 Å². The topological polar surface area (TPSA) is 27.3 Å². The molecular formula is C18H25N3. The summed E-state index contributed by atoms with van der Waals surface area (Å²) in [5.74, 6) is 0. The van der Waals surface area contributed by atoms with Gasteiger partial charge in [0.1, 0.15) is 0 Å². The molecule has 2 rings (SSSR count). The van der Waals surface area contributed by atoms with Crippen LogP contribution in [0.2, 0.25) is 0 Å². The third kappa shape index (κ3) is 3.13. The summed E-state index contributed by atoms with van der Waals surface area (Å²) in [7, 11) is 3.92. The highest BCUT2D eigenvalue weighted by molar-refractivity contribution is 5.70. The Morgan fingerprint density at radius 1 is 0.810 bits per heavy atom. The Labute approximate surface area is 128 Å². The molecule has 0 aliphatic rings. The quantitative estimate of drug-likeness (QED) is 0.843. The number of hydrogen-bond acceptors (Lipinski definition) is 3. The van der Waals surface area contributed by atoms with Gasteiger partial charge >= 0.3 is 0 Å². The van der Waals surface area contributed by atoms with E-state index in [0.29, 0.717) is 0 Å². The molecule has 0 saturated heterocycles. The molecule has 112 valence electrons. The van der Waals surface area contributed by atoms with Gasteiger partial charge in [0.25, 0.3) is 0 Å². The van der Waals surface area contributed by atoms with E-state index in [-0.39, 0.29) is 0 Å². The highest BCUT2D eigenvalue weighted by Crippen LogP contribution is 2.30. The van der Waals surface area contributed by atoms with Crippen LogP contribution < -0.4 is 15.5 Å². The molecule has 0 aliphatic heterocycles. The van der Waals surface area contributed by atoms with Crippen molar-refractivity contribution in [2.45, 2.75) is 20.8 Å². The fraction of sp³-hybridized carbons (Fsp3) is 0.333. The van der Waals surface area contributed by atoms with Gasteiger partial charge in [0.15, 0.2) is 0 Å². The van der Waals surface area contributed by atoms with Gasteiger partial charge in [0, 0.05) is 43.4 Å². The molecule has 0 aliphatic carbocycles. The molecule has 2 aromatic rings. The van der Waals surface area contributed by atoms with Crippen molar-refractivity contribution in [2.75, 3.05) is 36.2 Å².